The fourth-order valence-corrected chi connectivity index (χ4v) is 2.07. The SMILES string of the molecule is C=C.CC.CCCN(F)CC[C@H]1CC=CC[C@H]1C.O=S. The van der Waals surface area contributed by atoms with Crippen LogP contribution in [-0.4, -0.2) is 22.4 Å². The van der Waals surface area contributed by atoms with Crippen molar-refractivity contribution in [2.45, 2.75) is 53.4 Å². The number of hydrogen-bond acceptors (Lipinski definition) is 3. The molecule has 2 atom stereocenters. The molecule has 0 N–H and O–H groups in total. The van der Waals surface area contributed by atoms with Crippen LogP contribution in [0.15, 0.2) is 25.3 Å². The Morgan fingerprint density at radius 2 is 1.70 bits per heavy atom. The van der Waals surface area contributed by atoms with Crippen LogP contribution in [0.1, 0.15) is 53.4 Å². The van der Waals surface area contributed by atoms with Gasteiger partial charge in [0, 0.05) is 13.1 Å². The van der Waals surface area contributed by atoms with E-state index in [2.05, 4.69) is 44.8 Å². The summed E-state index contributed by atoms with van der Waals surface area (Å²) in [5.74, 6) is 1.42. The van der Waals surface area contributed by atoms with E-state index in [9.17, 15) is 4.48 Å². The topological polar surface area (TPSA) is 20.3 Å². The lowest BCUT2D eigenvalue weighted by atomic mass is 9.82. The second kappa shape index (κ2) is 20.7. The molecule has 120 valence electrons. The lowest BCUT2D eigenvalue weighted by molar-refractivity contribution is 0.0170. The second-order valence-electron chi connectivity index (χ2n) is 4.38. The molecule has 0 amide bonds. The molecule has 0 aromatic heterocycles. The molecule has 1 rings (SSSR count). The van der Waals surface area contributed by atoms with Crippen molar-refractivity contribution < 1.29 is 8.69 Å². The third kappa shape index (κ3) is 13.8. The van der Waals surface area contributed by atoms with Crippen molar-refractivity contribution in [3.8, 4) is 0 Å². The molecular weight excluding hydrogens is 273 g/mol. The first-order valence-corrected chi connectivity index (χ1v) is 7.79. The van der Waals surface area contributed by atoms with Crippen LogP contribution in [0.2, 0.25) is 0 Å². The zero-order valence-electron chi connectivity index (χ0n) is 13.6. The molecule has 0 saturated heterocycles. The van der Waals surface area contributed by atoms with Gasteiger partial charge in [-0.25, -0.2) is 0 Å². The van der Waals surface area contributed by atoms with E-state index >= 15 is 0 Å². The Bertz CT molecular complexity index is 213. The summed E-state index contributed by atoms with van der Waals surface area (Å²) in [5, 5.41) is 0.963. The maximum Gasteiger partial charge on any atom is 0.197 e. The van der Waals surface area contributed by atoms with E-state index in [-0.39, 0.29) is 0 Å². The van der Waals surface area contributed by atoms with Gasteiger partial charge in [0.1, 0.15) is 0 Å². The molecule has 1 aliphatic rings. The van der Waals surface area contributed by atoms with E-state index in [0.717, 1.165) is 30.3 Å². The standard InChI is InChI=1S/C12H22FN.C2H6.C2H4.OS/c1-3-9-14(13)10-8-12-7-5-4-6-11(12)2;3*1-2/h4-5,11-12H,3,6-10H2,1-2H3;1-2H3;1-2H2;/t11-,12-;;;/m1.../s1. The summed E-state index contributed by atoms with van der Waals surface area (Å²) >= 11 is 2.83. The predicted molar refractivity (Wildman–Crippen MR) is 89.4 cm³/mol. The molecule has 0 spiro atoms. The zero-order valence-corrected chi connectivity index (χ0v) is 14.4. The van der Waals surface area contributed by atoms with Gasteiger partial charge in [0.15, 0.2) is 12.5 Å². The van der Waals surface area contributed by atoms with E-state index in [4.69, 9.17) is 4.21 Å². The summed E-state index contributed by atoms with van der Waals surface area (Å²) in [4.78, 5) is 0. The van der Waals surface area contributed by atoms with E-state index in [1.807, 2.05) is 20.8 Å². The first-order valence-electron chi connectivity index (χ1n) is 7.46. The van der Waals surface area contributed by atoms with Gasteiger partial charge >= 0.3 is 0 Å². The summed E-state index contributed by atoms with van der Waals surface area (Å²) in [6.07, 6.45) is 8.71. The Balaban J connectivity index is -0.000000425. The highest BCUT2D eigenvalue weighted by Gasteiger charge is 2.18. The quantitative estimate of drug-likeness (QED) is 0.522. The molecule has 0 aromatic rings. The molecule has 0 radical (unpaired) electrons. The van der Waals surface area contributed by atoms with E-state index in [1.54, 1.807) is 0 Å². The van der Waals surface area contributed by atoms with Gasteiger partial charge in [-0.3, -0.25) is 0 Å². The largest absolute Gasteiger partial charge is 0.197 e. The van der Waals surface area contributed by atoms with Gasteiger partial charge in [-0.15, -0.1) is 22.8 Å². The van der Waals surface area contributed by atoms with Gasteiger partial charge in [0.2, 0.25) is 0 Å². The van der Waals surface area contributed by atoms with Crippen molar-refractivity contribution in [1.82, 2.24) is 5.12 Å². The Kier molecular flexibility index (Phi) is 25.3. The fourth-order valence-electron chi connectivity index (χ4n) is 2.07. The Labute approximate surface area is 130 Å². The number of hydrogen-bond donors (Lipinski definition) is 0. The van der Waals surface area contributed by atoms with Crippen molar-refractivity contribution in [3.05, 3.63) is 25.3 Å². The van der Waals surface area contributed by atoms with Gasteiger partial charge < -0.3 is 0 Å². The van der Waals surface area contributed by atoms with Gasteiger partial charge in [-0.1, -0.05) is 39.8 Å². The normalized spacial score (nSPS) is 19.7. The van der Waals surface area contributed by atoms with Gasteiger partial charge in [0.05, 0.1) is 0 Å². The van der Waals surface area contributed by atoms with Crippen LogP contribution in [0.5, 0.6) is 0 Å². The molecule has 1 aliphatic carbocycles. The van der Waals surface area contributed by atoms with Crippen LogP contribution in [0.25, 0.3) is 0 Å². The minimum absolute atomic E-state index is 0.580. The van der Waals surface area contributed by atoms with Crippen LogP contribution < -0.4 is 0 Å². The van der Waals surface area contributed by atoms with Crippen molar-refractivity contribution in [3.63, 3.8) is 0 Å². The van der Waals surface area contributed by atoms with Crippen LogP contribution in [0.3, 0.4) is 0 Å². The summed E-state index contributed by atoms with van der Waals surface area (Å²) in [6.45, 7) is 15.5. The second-order valence-corrected chi connectivity index (χ2v) is 4.38. The third-order valence-electron chi connectivity index (χ3n) is 3.13. The van der Waals surface area contributed by atoms with Crippen molar-refractivity contribution in [1.29, 1.82) is 0 Å². The molecule has 0 aromatic carbocycles. The highest BCUT2D eigenvalue weighted by Crippen LogP contribution is 2.27. The van der Waals surface area contributed by atoms with Crippen molar-refractivity contribution in [2.75, 3.05) is 13.1 Å². The monoisotopic (exact) mass is 305 g/mol. The first kappa shape index (κ1) is 24.4. The summed E-state index contributed by atoms with van der Waals surface area (Å²) in [7, 11) is 0. The third-order valence-corrected chi connectivity index (χ3v) is 3.13. The van der Waals surface area contributed by atoms with Crippen molar-refractivity contribution >= 4 is 12.5 Å². The minimum Gasteiger partial charge on any atom is -0.197 e. The Morgan fingerprint density at radius 1 is 1.20 bits per heavy atom. The summed E-state index contributed by atoms with van der Waals surface area (Å²) in [6, 6.07) is 0. The van der Waals surface area contributed by atoms with E-state index < -0.39 is 0 Å². The highest BCUT2D eigenvalue weighted by atomic mass is 32.1. The summed E-state index contributed by atoms with van der Waals surface area (Å²) < 4.78 is 20.9. The lowest BCUT2D eigenvalue weighted by Crippen LogP contribution is -2.22. The smallest absolute Gasteiger partial charge is 0.197 e. The average molecular weight is 306 g/mol. The molecule has 2 nitrogen and oxygen atoms in total. The highest BCUT2D eigenvalue weighted by molar-refractivity contribution is 7.44. The number of rotatable bonds is 5. The molecule has 20 heavy (non-hydrogen) atoms. The molecule has 0 heterocycles. The van der Waals surface area contributed by atoms with E-state index in [1.165, 1.54) is 6.42 Å². The molecule has 4 heteroatoms. The zero-order chi connectivity index (χ0) is 16.4. The molecular formula is C16H32FNOS. The van der Waals surface area contributed by atoms with Crippen LogP contribution in [-0.2, 0) is 12.5 Å². The van der Waals surface area contributed by atoms with Gasteiger partial charge in [-0.05, 0) is 37.5 Å². The summed E-state index contributed by atoms with van der Waals surface area (Å²) in [5.41, 5.74) is 0. The Hall–Kier alpha value is -0.610. The number of nitrogens with zero attached hydrogens (tertiary/aromatic N) is 1. The van der Waals surface area contributed by atoms with Gasteiger partial charge in [-0.2, -0.15) is 4.21 Å². The number of halogens is 1. The first-order chi connectivity index (χ1) is 9.74. The molecule has 0 unspecified atom stereocenters. The average Bonchev–Trinajstić information content (AvgIpc) is 2.53. The molecule has 0 aliphatic heterocycles. The van der Waals surface area contributed by atoms with Crippen LogP contribution in [0, 0.1) is 11.8 Å². The lowest BCUT2D eigenvalue weighted by Gasteiger charge is -2.26. The van der Waals surface area contributed by atoms with Gasteiger partial charge in [0.25, 0.3) is 0 Å². The van der Waals surface area contributed by atoms with Crippen LogP contribution >= 0.6 is 0 Å². The maximum absolute atomic E-state index is 13.1. The predicted octanol–water partition coefficient (Wildman–Crippen LogP) is 5.07. The minimum atomic E-state index is 0.580. The maximum atomic E-state index is 13.1. The Morgan fingerprint density at radius 3 is 2.15 bits per heavy atom. The molecule has 0 saturated carbocycles. The van der Waals surface area contributed by atoms with E-state index in [0.29, 0.717) is 19.0 Å². The van der Waals surface area contributed by atoms with Crippen molar-refractivity contribution in [2.24, 2.45) is 11.8 Å². The van der Waals surface area contributed by atoms with Crippen LogP contribution in [0.4, 0.5) is 4.48 Å². The molecule has 0 bridgehead atoms. The molecule has 0 fully saturated rings. The fraction of sp³-hybridized carbons (Fsp3) is 0.750. The number of allylic oxidation sites excluding steroid dienone is 2.